The van der Waals surface area contributed by atoms with Crippen LogP contribution in [0, 0.1) is 0 Å². The van der Waals surface area contributed by atoms with E-state index in [4.69, 9.17) is 11.5 Å². The van der Waals surface area contributed by atoms with Crippen molar-refractivity contribution in [2.45, 2.75) is 103 Å². The Morgan fingerprint density at radius 3 is 1.81 bits per heavy atom. The molecule has 1 aliphatic heterocycles. The maximum atomic E-state index is 12.8. The van der Waals surface area contributed by atoms with E-state index in [0.29, 0.717) is 6.54 Å². The maximum Gasteiger partial charge on any atom is 0.322 e. The van der Waals surface area contributed by atoms with Gasteiger partial charge in [0, 0.05) is 6.54 Å². The van der Waals surface area contributed by atoms with E-state index in [-0.39, 0.29) is 6.03 Å². The number of nitrogens with one attached hydrogen (secondary N) is 4. The number of rotatable bonds is 2. The summed E-state index contributed by atoms with van der Waals surface area (Å²) in [5, 5.41) is 12.9. The van der Waals surface area contributed by atoms with E-state index in [0.717, 1.165) is 44.6 Å². The van der Waals surface area contributed by atoms with E-state index in [1.807, 2.05) is 19.9 Å². The van der Waals surface area contributed by atoms with Gasteiger partial charge >= 0.3 is 6.03 Å². The van der Waals surface area contributed by atoms with Crippen LogP contribution in [0.4, 0.5) is 4.79 Å². The zero-order valence-corrected chi connectivity index (χ0v) is 20.8. The Kier molecular flexibility index (Phi) is 17.4. The highest BCUT2D eigenvalue weighted by atomic mass is 16.2. The number of nitrogens with zero attached hydrogens (tertiary/aromatic N) is 1. The standard InChI is InChI=1S/C24H51N7O/c1-21(2)15-20-31-23(26)29-19-14-10-6-4-8-12-17-27-16-11-7-3-5-9-13-18-28-22(25)30-24(31)32/h15,22-23,27-29H,3-14,16-20,25-26H2,1-2H3,(H,30,32). The van der Waals surface area contributed by atoms with Crippen LogP contribution in [-0.4, -0.2) is 56.2 Å². The molecule has 32 heavy (non-hydrogen) atoms. The largest absolute Gasteiger partial charge is 0.322 e. The fraction of sp³-hybridized carbons (Fsp3) is 0.875. The van der Waals surface area contributed by atoms with Crippen LogP contribution in [0.25, 0.3) is 0 Å². The van der Waals surface area contributed by atoms with Crippen molar-refractivity contribution >= 4 is 6.03 Å². The van der Waals surface area contributed by atoms with Gasteiger partial charge in [-0.1, -0.05) is 63.0 Å². The van der Waals surface area contributed by atoms with Crippen LogP contribution in [-0.2, 0) is 0 Å². The molecule has 0 saturated carbocycles. The van der Waals surface area contributed by atoms with Crippen molar-refractivity contribution in [1.29, 1.82) is 0 Å². The molecule has 8 nitrogen and oxygen atoms in total. The highest BCUT2D eigenvalue weighted by Gasteiger charge is 2.20. The summed E-state index contributed by atoms with van der Waals surface area (Å²) in [5.74, 6) is 0. The molecule has 0 aromatic rings. The lowest BCUT2D eigenvalue weighted by Gasteiger charge is -2.30. The highest BCUT2D eigenvalue weighted by molar-refractivity contribution is 5.74. The summed E-state index contributed by atoms with van der Waals surface area (Å²) in [6.45, 7) is 8.36. The molecule has 0 spiro atoms. The van der Waals surface area contributed by atoms with Crippen molar-refractivity contribution in [2.75, 3.05) is 32.7 Å². The van der Waals surface area contributed by atoms with Crippen molar-refractivity contribution in [3.8, 4) is 0 Å². The minimum absolute atomic E-state index is 0.259. The van der Waals surface area contributed by atoms with E-state index < -0.39 is 12.6 Å². The molecular formula is C24H51N7O. The summed E-state index contributed by atoms with van der Waals surface area (Å²) in [4.78, 5) is 14.4. The van der Waals surface area contributed by atoms with E-state index in [9.17, 15) is 4.79 Å². The van der Waals surface area contributed by atoms with Gasteiger partial charge in [0.25, 0.3) is 0 Å². The Bertz CT molecular complexity index is 497. The van der Waals surface area contributed by atoms with Crippen LogP contribution in [0.5, 0.6) is 0 Å². The molecule has 0 bridgehead atoms. The van der Waals surface area contributed by atoms with Crippen molar-refractivity contribution in [3.05, 3.63) is 11.6 Å². The Balaban J connectivity index is 2.53. The molecule has 0 radical (unpaired) electrons. The third-order valence-electron chi connectivity index (χ3n) is 5.85. The second-order valence-corrected chi connectivity index (χ2v) is 9.21. The lowest BCUT2D eigenvalue weighted by Crippen LogP contribution is -2.61. The quantitative estimate of drug-likeness (QED) is 0.358. The highest BCUT2D eigenvalue weighted by Crippen LogP contribution is 2.06. The molecule has 2 amide bonds. The summed E-state index contributed by atoms with van der Waals surface area (Å²) in [7, 11) is 0. The van der Waals surface area contributed by atoms with Crippen LogP contribution in [0.3, 0.4) is 0 Å². The molecule has 2 unspecified atom stereocenters. The van der Waals surface area contributed by atoms with Gasteiger partial charge in [-0.15, -0.1) is 0 Å². The Labute approximate surface area is 196 Å². The van der Waals surface area contributed by atoms with Gasteiger partial charge in [-0.25, -0.2) is 4.79 Å². The van der Waals surface area contributed by atoms with Gasteiger partial charge < -0.3 is 10.6 Å². The lowest BCUT2D eigenvalue weighted by atomic mass is 10.1. The zero-order chi connectivity index (χ0) is 23.4. The maximum absolute atomic E-state index is 12.8. The fourth-order valence-corrected chi connectivity index (χ4v) is 3.78. The molecule has 1 saturated heterocycles. The van der Waals surface area contributed by atoms with E-state index in [1.54, 1.807) is 4.90 Å². The Hall–Kier alpha value is -1.19. The molecule has 1 aliphatic rings. The number of amides is 2. The third-order valence-corrected chi connectivity index (χ3v) is 5.85. The van der Waals surface area contributed by atoms with Gasteiger partial charge in [0.05, 0.1) is 0 Å². The van der Waals surface area contributed by atoms with Gasteiger partial charge in [-0.05, 0) is 65.7 Å². The molecule has 8 N–H and O–H groups in total. The van der Waals surface area contributed by atoms with Crippen molar-refractivity contribution in [3.63, 3.8) is 0 Å². The Morgan fingerprint density at radius 1 is 0.812 bits per heavy atom. The molecular weight excluding hydrogens is 402 g/mol. The predicted molar refractivity (Wildman–Crippen MR) is 135 cm³/mol. The summed E-state index contributed by atoms with van der Waals surface area (Å²) in [6, 6.07) is -0.259. The predicted octanol–water partition coefficient (Wildman–Crippen LogP) is 2.91. The molecule has 8 heteroatoms. The summed E-state index contributed by atoms with van der Waals surface area (Å²) in [6.07, 6.45) is 15.6. The second kappa shape index (κ2) is 19.3. The smallest absolute Gasteiger partial charge is 0.317 e. The average Bonchev–Trinajstić information content (AvgIpc) is 2.74. The van der Waals surface area contributed by atoms with E-state index in [2.05, 4.69) is 21.3 Å². The van der Waals surface area contributed by atoms with Crippen molar-refractivity contribution in [1.82, 2.24) is 26.2 Å². The van der Waals surface area contributed by atoms with Crippen LogP contribution in [0.1, 0.15) is 90.9 Å². The summed E-state index contributed by atoms with van der Waals surface area (Å²) < 4.78 is 0. The first-order chi connectivity index (χ1) is 15.5. The van der Waals surface area contributed by atoms with Gasteiger partial charge in [0.2, 0.25) is 0 Å². The second-order valence-electron chi connectivity index (χ2n) is 9.21. The van der Waals surface area contributed by atoms with Crippen LogP contribution in [0.2, 0.25) is 0 Å². The van der Waals surface area contributed by atoms with Gasteiger partial charge in [-0.3, -0.25) is 27.0 Å². The van der Waals surface area contributed by atoms with Crippen LogP contribution in [0.15, 0.2) is 11.6 Å². The van der Waals surface area contributed by atoms with Gasteiger partial charge in [0.1, 0.15) is 12.6 Å². The number of hydrogen-bond acceptors (Lipinski definition) is 6. The number of urea groups is 1. The molecule has 1 fully saturated rings. The first-order valence-corrected chi connectivity index (χ1v) is 12.9. The average molecular weight is 454 g/mol. The first-order valence-electron chi connectivity index (χ1n) is 12.9. The van der Waals surface area contributed by atoms with Crippen LogP contribution < -0.4 is 32.7 Å². The molecule has 1 rings (SSSR count). The number of carbonyl (C=O) groups excluding carboxylic acids is 1. The molecule has 0 aromatic carbocycles. The number of nitrogens with two attached hydrogens (primary N) is 2. The number of allylic oxidation sites excluding steroid dienone is 1. The van der Waals surface area contributed by atoms with E-state index in [1.165, 1.54) is 64.2 Å². The number of carbonyl (C=O) groups is 1. The van der Waals surface area contributed by atoms with Gasteiger partial charge in [0.15, 0.2) is 0 Å². The monoisotopic (exact) mass is 453 g/mol. The SMILES string of the molecule is CC(C)=CCN1C(=O)NC(N)NCCCCCCCCNCCCCCCCCNC1N. The normalized spacial score (nSPS) is 25.4. The molecule has 188 valence electrons. The fourth-order valence-electron chi connectivity index (χ4n) is 3.78. The molecule has 1 heterocycles. The third kappa shape index (κ3) is 15.6. The minimum Gasteiger partial charge on any atom is -0.317 e. The number of hydrogen-bond donors (Lipinski definition) is 6. The molecule has 0 aromatic heterocycles. The van der Waals surface area contributed by atoms with E-state index >= 15 is 0 Å². The van der Waals surface area contributed by atoms with Crippen molar-refractivity contribution < 1.29 is 4.79 Å². The first kappa shape index (κ1) is 28.8. The Morgan fingerprint density at radius 2 is 1.28 bits per heavy atom. The molecule has 2 atom stereocenters. The molecule has 0 aliphatic carbocycles. The van der Waals surface area contributed by atoms with Crippen LogP contribution >= 0.6 is 0 Å². The summed E-state index contributed by atoms with van der Waals surface area (Å²) >= 11 is 0. The topological polar surface area (TPSA) is 120 Å². The minimum atomic E-state index is -0.583. The zero-order valence-electron chi connectivity index (χ0n) is 20.8. The summed E-state index contributed by atoms with van der Waals surface area (Å²) in [5.41, 5.74) is 13.5. The van der Waals surface area contributed by atoms with Gasteiger partial charge in [-0.2, -0.15) is 0 Å². The van der Waals surface area contributed by atoms with Crippen molar-refractivity contribution in [2.24, 2.45) is 11.5 Å². The lowest BCUT2D eigenvalue weighted by molar-refractivity contribution is 0.165.